The summed E-state index contributed by atoms with van der Waals surface area (Å²) in [5, 5.41) is 13.5. The summed E-state index contributed by atoms with van der Waals surface area (Å²) in [5.41, 5.74) is 1.81. The minimum Gasteiger partial charge on any atom is -0.393 e. The van der Waals surface area contributed by atoms with Gasteiger partial charge in [-0.15, -0.1) is 11.3 Å². The molecule has 0 aliphatic heterocycles. The number of aliphatic hydroxyl groups is 1. The van der Waals surface area contributed by atoms with Gasteiger partial charge in [-0.2, -0.15) is 0 Å². The van der Waals surface area contributed by atoms with E-state index >= 15 is 0 Å². The van der Waals surface area contributed by atoms with Crippen molar-refractivity contribution in [2.24, 2.45) is 5.92 Å². The fourth-order valence-corrected chi connectivity index (χ4v) is 3.57. The van der Waals surface area contributed by atoms with Gasteiger partial charge in [0.1, 0.15) is 0 Å². The van der Waals surface area contributed by atoms with Gasteiger partial charge in [0.15, 0.2) is 0 Å². The molecule has 0 radical (unpaired) electrons. The molecule has 0 bridgehead atoms. The lowest BCUT2D eigenvalue weighted by molar-refractivity contribution is -0.121. The van der Waals surface area contributed by atoms with Crippen molar-refractivity contribution >= 4 is 33.1 Å². The average molecular weight is 290 g/mol. The number of nitrogens with zero attached hydrogens (tertiary/aromatic N) is 1. The van der Waals surface area contributed by atoms with Gasteiger partial charge in [-0.3, -0.25) is 4.79 Å². The number of nitrogens with one attached hydrogen (secondary N) is 1. The first-order valence-corrected chi connectivity index (χ1v) is 7.79. The summed E-state index contributed by atoms with van der Waals surface area (Å²) in [5.74, 6) is 0.0924. The summed E-state index contributed by atoms with van der Waals surface area (Å²) in [7, 11) is 0. The van der Waals surface area contributed by atoms with Crippen LogP contribution < -0.4 is 5.32 Å². The van der Waals surface area contributed by atoms with Gasteiger partial charge in [-0.1, -0.05) is 0 Å². The number of hydrogen-bond donors (Lipinski definition) is 2. The number of anilines is 1. The average Bonchev–Trinajstić information content (AvgIpc) is 2.78. The number of carbonyl (C=O) groups is 1. The third kappa shape index (κ3) is 2.83. The maximum absolute atomic E-state index is 12.2. The highest BCUT2D eigenvalue weighted by molar-refractivity contribution is 7.18. The van der Waals surface area contributed by atoms with Crippen LogP contribution in [0.2, 0.25) is 0 Å². The van der Waals surface area contributed by atoms with Gasteiger partial charge >= 0.3 is 0 Å². The van der Waals surface area contributed by atoms with Crippen molar-refractivity contribution in [1.29, 1.82) is 0 Å². The molecule has 2 aromatic rings. The molecule has 0 unspecified atom stereocenters. The predicted molar refractivity (Wildman–Crippen MR) is 81.0 cm³/mol. The number of aromatic nitrogens is 1. The van der Waals surface area contributed by atoms with Crippen LogP contribution in [0.5, 0.6) is 0 Å². The Morgan fingerprint density at radius 3 is 2.85 bits per heavy atom. The topological polar surface area (TPSA) is 62.2 Å². The van der Waals surface area contributed by atoms with Gasteiger partial charge in [-0.25, -0.2) is 4.98 Å². The minimum absolute atomic E-state index is 0.0253. The summed E-state index contributed by atoms with van der Waals surface area (Å²) in [4.78, 5) is 16.6. The van der Waals surface area contributed by atoms with Crippen LogP contribution in [0, 0.1) is 12.8 Å². The molecule has 0 atom stereocenters. The normalized spacial score (nSPS) is 22.9. The lowest BCUT2D eigenvalue weighted by Crippen LogP contribution is -2.28. The van der Waals surface area contributed by atoms with Crippen LogP contribution in [0.1, 0.15) is 30.7 Å². The summed E-state index contributed by atoms with van der Waals surface area (Å²) in [6.45, 7) is 1.98. The van der Waals surface area contributed by atoms with E-state index in [9.17, 15) is 9.90 Å². The Hall–Kier alpha value is -1.46. The second kappa shape index (κ2) is 5.50. The Kier molecular flexibility index (Phi) is 3.72. The Labute approximate surface area is 121 Å². The van der Waals surface area contributed by atoms with Crippen LogP contribution in [0.3, 0.4) is 0 Å². The smallest absolute Gasteiger partial charge is 0.227 e. The summed E-state index contributed by atoms with van der Waals surface area (Å²) >= 11 is 1.63. The predicted octanol–water partition coefficient (Wildman–Crippen LogP) is 3.09. The molecular weight excluding hydrogens is 272 g/mol. The molecular formula is C15H18N2O2S. The molecule has 1 fully saturated rings. The first-order chi connectivity index (χ1) is 9.61. The molecule has 5 heteroatoms. The van der Waals surface area contributed by atoms with Crippen LogP contribution in [-0.4, -0.2) is 22.1 Å². The second-order valence-corrected chi connectivity index (χ2v) is 6.64. The Morgan fingerprint density at radius 1 is 1.35 bits per heavy atom. The number of thiazole rings is 1. The van der Waals surface area contributed by atoms with Crippen LogP contribution in [-0.2, 0) is 4.79 Å². The van der Waals surface area contributed by atoms with Crippen LogP contribution in [0.4, 0.5) is 5.69 Å². The van der Waals surface area contributed by atoms with Crippen molar-refractivity contribution < 1.29 is 9.90 Å². The van der Waals surface area contributed by atoms with Crippen LogP contribution in [0.25, 0.3) is 10.2 Å². The largest absolute Gasteiger partial charge is 0.393 e. The molecule has 1 aliphatic rings. The van der Waals surface area contributed by atoms with Crippen molar-refractivity contribution in [3.63, 3.8) is 0 Å². The third-order valence-corrected chi connectivity index (χ3v) is 4.76. The zero-order valence-corrected chi connectivity index (χ0v) is 12.2. The fourth-order valence-electron chi connectivity index (χ4n) is 2.70. The Bertz CT molecular complexity index is 630. The maximum atomic E-state index is 12.2. The maximum Gasteiger partial charge on any atom is 0.227 e. The number of rotatable bonds is 2. The zero-order chi connectivity index (χ0) is 14.1. The lowest BCUT2D eigenvalue weighted by Gasteiger charge is -2.24. The highest BCUT2D eigenvalue weighted by Crippen LogP contribution is 2.27. The summed E-state index contributed by atoms with van der Waals surface area (Å²) < 4.78 is 1.10. The Balaban J connectivity index is 1.70. The molecule has 1 aromatic carbocycles. The SMILES string of the molecule is Cc1nc2ccc(NC(=O)C3CCC(O)CC3)cc2s1. The molecule has 3 rings (SSSR count). The first kappa shape index (κ1) is 13.5. The fraction of sp³-hybridized carbons (Fsp3) is 0.467. The van der Waals surface area contributed by atoms with Crippen LogP contribution in [0.15, 0.2) is 18.2 Å². The van der Waals surface area contributed by atoms with E-state index in [1.165, 1.54) is 0 Å². The van der Waals surface area contributed by atoms with E-state index in [4.69, 9.17) is 0 Å². The van der Waals surface area contributed by atoms with Gasteiger partial charge < -0.3 is 10.4 Å². The number of benzene rings is 1. The number of hydrogen-bond acceptors (Lipinski definition) is 4. The van der Waals surface area contributed by atoms with E-state index in [0.29, 0.717) is 0 Å². The van der Waals surface area contributed by atoms with Crippen molar-refractivity contribution in [3.8, 4) is 0 Å². The van der Waals surface area contributed by atoms with Crippen molar-refractivity contribution in [2.75, 3.05) is 5.32 Å². The second-order valence-electron chi connectivity index (χ2n) is 5.41. The summed E-state index contributed by atoms with van der Waals surface area (Å²) in [6, 6.07) is 5.83. The van der Waals surface area contributed by atoms with E-state index in [0.717, 1.165) is 46.6 Å². The highest BCUT2D eigenvalue weighted by Gasteiger charge is 2.25. The van der Waals surface area contributed by atoms with Gasteiger partial charge in [0.2, 0.25) is 5.91 Å². The van der Waals surface area contributed by atoms with Crippen molar-refractivity contribution in [1.82, 2.24) is 4.98 Å². The molecule has 4 nitrogen and oxygen atoms in total. The van der Waals surface area contributed by atoms with Crippen molar-refractivity contribution in [2.45, 2.75) is 38.7 Å². The molecule has 0 saturated heterocycles. The molecule has 0 spiro atoms. The van der Waals surface area contributed by atoms with E-state index < -0.39 is 0 Å². The number of fused-ring (bicyclic) bond motifs is 1. The van der Waals surface area contributed by atoms with Crippen LogP contribution >= 0.6 is 11.3 Å². The molecule has 1 aromatic heterocycles. The molecule has 106 valence electrons. The Morgan fingerprint density at radius 2 is 2.10 bits per heavy atom. The summed E-state index contributed by atoms with van der Waals surface area (Å²) in [6.07, 6.45) is 2.77. The number of aliphatic hydroxyl groups excluding tert-OH is 1. The molecule has 1 saturated carbocycles. The van der Waals surface area contributed by atoms with E-state index in [-0.39, 0.29) is 17.9 Å². The highest BCUT2D eigenvalue weighted by atomic mass is 32.1. The molecule has 1 aliphatic carbocycles. The van der Waals surface area contributed by atoms with Gasteiger partial charge in [0.05, 0.1) is 21.3 Å². The number of amides is 1. The number of carbonyl (C=O) groups excluding carboxylic acids is 1. The molecule has 1 heterocycles. The van der Waals surface area contributed by atoms with Gasteiger partial charge in [-0.05, 0) is 50.8 Å². The first-order valence-electron chi connectivity index (χ1n) is 6.98. The standard InChI is InChI=1S/C15H18N2O2S/c1-9-16-13-7-4-11(8-14(13)20-9)17-15(19)10-2-5-12(18)6-3-10/h4,7-8,10,12,18H,2-3,5-6H2,1H3,(H,17,19). The van der Waals surface area contributed by atoms with E-state index in [1.807, 2.05) is 25.1 Å². The van der Waals surface area contributed by atoms with Crippen molar-refractivity contribution in [3.05, 3.63) is 23.2 Å². The minimum atomic E-state index is -0.226. The van der Waals surface area contributed by atoms with E-state index in [1.54, 1.807) is 11.3 Å². The number of aryl methyl sites for hydroxylation is 1. The zero-order valence-electron chi connectivity index (χ0n) is 11.4. The van der Waals surface area contributed by atoms with Gasteiger partial charge in [0, 0.05) is 11.6 Å². The molecule has 20 heavy (non-hydrogen) atoms. The molecule has 1 amide bonds. The third-order valence-electron chi connectivity index (χ3n) is 3.83. The lowest BCUT2D eigenvalue weighted by atomic mass is 9.87. The molecule has 2 N–H and O–H groups in total. The van der Waals surface area contributed by atoms with E-state index in [2.05, 4.69) is 10.3 Å². The quantitative estimate of drug-likeness (QED) is 0.893. The van der Waals surface area contributed by atoms with Gasteiger partial charge in [0.25, 0.3) is 0 Å². The monoisotopic (exact) mass is 290 g/mol.